The summed E-state index contributed by atoms with van der Waals surface area (Å²) in [5, 5.41) is 0. The van der Waals surface area contributed by atoms with E-state index in [2.05, 4.69) is 16.8 Å². The van der Waals surface area contributed by atoms with Gasteiger partial charge in [0.15, 0.2) is 0 Å². The minimum absolute atomic E-state index is 0.621. The maximum absolute atomic E-state index is 5.58. The van der Waals surface area contributed by atoms with Gasteiger partial charge in [-0.15, -0.1) is 0 Å². The summed E-state index contributed by atoms with van der Waals surface area (Å²) >= 11 is 0. The quantitative estimate of drug-likeness (QED) is 0.709. The van der Waals surface area contributed by atoms with E-state index >= 15 is 0 Å². The first-order chi connectivity index (χ1) is 6.27. The van der Waals surface area contributed by atoms with Crippen LogP contribution in [0.1, 0.15) is 19.8 Å². The average molecular weight is 177 g/mol. The van der Waals surface area contributed by atoms with E-state index in [0.29, 0.717) is 6.04 Å². The van der Waals surface area contributed by atoms with Crippen molar-refractivity contribution in [1.29, 1.82) is 0 Å². The first-order valence-corrected chi connectivity index (χ1v) is 4.75. The minimum atomic E-state index is 0.621. The van der Waals surface area contributed by atoms with E-state index in [9.17, 15) is 0 Å². The molecular formula is C10H15N3. The molecule has 0 radical (unpaired) electrons. The molecule has 2 rings (SSSR count). The molecular weight excluding hydrogens is 162 g/mol. The van der Waals surface area contributed by atoms with Crippen molar-refractivity contribution in [2.75, 3.05) is 17.2 Å². The molecule has 0 bridgehead atoms. The van der Waals surface area contributed by atoms with Crippen LogP contribution in [-0.2, 0) is 0 Å². The zero-order valence-corrected chi connectivity index (χ0v) is 7.90. The highest BCUT2D eigenvalue weighted by Crippen LogP contribution is 2.23. The summed E-state index contributed by atoms with van der Waals surface area (Å²) in [6, 6.07) is 4.53. The summed E-state index contributed by atoms with van der Waals surface area (Å²) in [5.41, 5.74) is 6.31. The van der Waals surface area contributed by atoms with E-state index in [4.69, 9.17) is 5.73 Å². The lowest BCUT2D eigenvalue weighted by atomic mass is 10.2. The van der Waals surface area contributed by atoms with Gasteiger partial charge in [0.2, 0.25) is 0 Å². The van der Waals surface area contributed by atoms with Crippen molar-refractivity contribution in [2.24, 2.45) is 0 Å². The summed E-state index contributed by atoms with van der Waals surface area (Å²) < 4.78 is 0. The molecule has 1 atom stereocenters. The molecule has 0 spiro atoms. The van der Waals surface area contributed by atoms with Crippen LogP contribution in [0.5, 0.6) is 0 Å². The van der Waals surface area contributed by atoms with Crippen molar-refractivity contribution in [2.45, 2.75) is 25.8 Å². The Kier molecular flexibility index (Phi) is 2.08. The molecule has 0 aliphatic carbocycles. The molecule has 2 heterocycles. The van der Waals surface area contributed by atoms with Gasteiger partial charge in [-0.3, -0.25) is 0 Å². The molecule has 0 amide bonds. The van der Waals surface area contributed by atoms with E-state index < -0.39 is 0 Å². The Morgan fingerprint density at radius 3 is 2.92 bits per heavy atom. The van der Waals surface area contributed by atoms with Gasteiger partial charge in [0, 0.05) is 12.6 Å². The molecule has 1 saturated heterocycles. The second-order valence-corrected chi connectivity index (χ2v) is 3.63. The molecule has 13 heavy (non-hydrogen) atoms. The SMILES string of the molecule is C[C@@H]1CCCN1c1ccc(N)cn1. The van der Waals surface area contributed by atoms with Gasteiger partial charge in [0.1, 0.15) is 5.82 Å². The third-order valence-electron chi connectivity index (χ3n) is 2.62. The number of hydrogen-bond donors (Lipinski definition) is 1. The first kappa shape index (κ1) is 8.35. The van der Waals surface area contributed by atoms with E-state index in [1.807, 2.05) is 12.1 Å². The Labute approximate surface area is 78.6 Å². The number of rotatable bonds is 1. The van der Waals surface area contributed by atoms with Crippen LogP contribution >= 0.6 is 0 Å². The van der Waals surface area contributed by atoms with Gasteiger partial charge in [0.25, 0.3) is 0 Å². The molecule has 1 aliphatic rings. The second kappa shape index (κ2) is 3.24. The number of hydrogen-bond acceptors (Lipinski definition) is 3. The fourth-order valence-corrected chi connectivity index (χ4v) is 1.84. The third-order valence-corrected chi connectivity index (χ3v) is 2.62. The number of nitrogens with two attached hydrogens (primary N) is 1. The van der Waals surface area contributed by atoms with Gasteiger partial charge in [0.05, 0.1) is 11.9 Å². The highest BCUT2D eigenvalue weighted by Gasteiger charge is 2.20. The van der Waals surface area contributed by atoms with Crippen molar-refractivity contribution in [3.05, 3.63) is 18.3 Å². The van der Waals surface area contributed by atoms with E-state index in [0.717, 1.165) is 18.1 Å². The lowest BCUT2D eigenvalue weighted by Crippen LogP contribution is -2.26. The van der Waals surface area contributed by atoms with Gasteiger partial charge in [-0.1, -0.05) is 0 Å². The lowest BCUT2D eigenvalue weighted by molar-refractivity contribution is 0.727. The molecule has 1 aliphatic heterocycles. The second-order valence-electron chi connectivity index (χ2n) is 3.63. The van der Waals surface area contributed by atoms with Gasteiger partial charge in [-0.25, -0.2) is 4.98 Å². The van der Waals surface area contributed by atoms with Crippen LogP contribution in [0, 0.1) is 0 Å². The van der Waals surface area contributed by atoms with Crippen molar-refractivity contribution < 1.29 is 0 Å². The third kappa shape index (κ3) is 1.59. The Hall–Kier alpha value is -1.25. The van der Waals surface area contributed by atoms with Crippen molar-refractivity contribution in [3.63, 3.8) is 0 Å². The Morgan fingerprint density at radius 2 is 2.38 bits per heavy atom. The Bertz CT molecular complexity index is 281. The molecule has 1 aromatic heterocycles. The lowest BCUT2D eigenvalue weighted by Gasteiger charge is -2.22. The standard InChI is InChI=1S/C10H15N3/c1-8-3-2-6-13(8)10-5-4-9(11)7-12-10/h4-5,7-8H,2-3,6,11H2,1H3/t8-/m1/s1. The van der Waals surface area contributed by atoms with Crippen LogP contribution in [0.25, 0.3) is 0 Å². The van der Waals surface area contributed by atoms with Gasteiger partial charge in [-0.05, 0) is 31.9 Å². The summed E-state index contributed by atoms with van der Waals surface area (Å²) in [7, 11) is 0. The van der Waals surface area contributed by atoms with Crippen LogP contribution in [0.4, 0.5) is 11.5 Å². The highest BCUT2D eigenvalue weighted by molar-refractivity contribution is 5.46. The molecule has 0 saturated carbocycles. The first-order valence-electron chi connectivity index (χ1n) is 4.75. The highest BCUT2D eigenvalue weighted by atomic mass is 15.2. The fraction of sp³-hybridized carbons (Fsp3) is 0.500. The summed E-state index contributed by atoms with van der Waals surface area (Å²) in [6.07, 6.45) is 4.26. The largest absolute Gasteiger partial charge is 0.397 e. The predicted octanol–water partition coefficient (Wildman–Crippen LogP) is 1.65. The normalized spacial score (nSPS) is 22.2. The number of pyridine rings is 1. The van der Waals surface area contributed by atoms with E-state index in [-0.39, 0.29) is 0 Å². The molecule has 2 N–H and O–H groups in total. The molecule has 0 aromatic carbocycles. The van der Waals surface area contributed by atoms with Crippen molar-refractivity contribution in [1.82, 2.24) is 4.98 Å². The zero-order chi connectivity index (χ0) is 9.26. The van der Waals surface area contributed by atoms with Crippen molar-refractivity contribution in [3.8, 4) is 0 Å². The Balaban J connectivity index is 2.20. The van der Waals surface area contributed by atoms with Crippen molar-refractivity contribution >= 4 is 11.5 Å². The average Bonchev–Trinajstić information content (AvgIpc) is 2.53. The smallest absolute Gasteiger partial charge is 0.128 e. The molecule has 1 aromatic rings. The van der Waals surface area contributed by atoms with Gasteiger partial charge < -0.3 is 10.6 Å². The van der Waals surface area contributed by atoms with E-state index in [1.54, 1.807) is 6.20 Å². The molecule has 3 heteroatoms. The maximum Gasteiger partial charge on any atom is 0.128 e. The topological polar surface area (TPSA) is 42.1 Å². The summed E-state index contributed by atoms with van der Waals surface area (Å²) in [4.78, 5) is 6.64. The number of aromatic nitrogens is 1. The van der Waals surface area contributed by atoms with E-state index in [1.165, 1.54) is 12.8 Å². The molecule has 70 valence electrons. The van der Waals surface area contributed by atoms with Crippen LogP contribution in [0.3, 0.4) is 0 Å². The predicted molar refractivity (Wildman–Crippen MR) is 54.7 cm³/mol. The number of nitrogens with zero attached hydrogens (tertiary/aromatic N) is 2. The molecule has 1 fully saturated rings. The van der Waals surface area contributed by atoms with Gasteiger partial charge >= 0.3 is 0 Å². The molecule has 0 unspecified atom stereocenters. The van der Waals surface area contributed by atoms with Crippen LogP contribution in [0.15, 0.2) is 18.3 Å². The van der Waals surface area contributed by atoms with Crippen LogP contribution < -0.4 is 10.6 Å². The summed E-state index contributed by atoms with van der Waals surface area (Å²) in [6.45, 7) is 3.36. The van der Waals surface area contributed by atoms with Gasteiger partial charge in [-0.2, -0.15) is 0 Å². The van der Waals surface area contributed by atoms with Crippen LogP contribution in [-0.4, -0.2) is 17.6 Å². The zero-order valence-electron chi connectivity index (χ0n) is 7.90. The fourth-order valence-electron chi connectivity index (χ4n) is 1.84. The Morgan fingerprint density at radius 1 is 1.54 bits per heavy atom. The number of anilines is 2. The summed E-state index contributed by atoms with van der Waals surface area (Å²) in [5.74, 6) is 1.05. The number of nitrogen functional groups attached to an aromatic ring is 1. The monoisotopic (exact) mass is 177 g/mol. The van der Waals surface area contributed by atoms with Crippen LogP contribution in [0.2, 0.25) is 0 Å². The minimum Gasteiger partial charge on any atom is -0.397 e. The maximum atomic E-state index is 5.58. The molecule has 3 nitrogen and oxygen atoms in total.